The molecule has 1 aromatic carbocycles. The smallest absolute Gasteiger partial charge is 0.319 e. The van der Waals surface area contributed by atoms with Gasteiger partial charge in [0.25, 0.3) is 0 Å². The summed E-state index contributed by atoms with van der Waals surface area (Å²) in [5, 5.41) is 14.8. The molecule has 1 aromatic rings. The average molecular weight is 360 g/mol. The fourth-order valence-corrected chi connectivity index (χ4v) is 2.51. The number of nitrogens with zero attached hydrogens (tertiary/aromatic N) is 1. The molecule has 23 heavy (non-hydrogen) atoms. The first-order valence-electron chi connectivity index (χ1n) is 6.87. The van der Waals surface area contributed by atoms with Gasteiger partial charge in [0.1, 0.15) is 0 Å². The van der Waals surface area contributed by atoms with Gasteiger partial charge in [-0.3, -0.25) is 9.59 Å². The van der Waals surface area contributed by atoms with Crippen molar-refractivity contribution in [3.8, 4) is 0 Å². The Balaban J connectivity index is 1.75. The van der Waals surface area contributed by atoms with Gasteiger partial charge in [0.15, 0.2) is 0 Å². The minimum atomic E-state index is -0.980. The Labute approximate surface area is 142 Å². The maximum atomic E-state index is 11.7. The third-order valence-corrected chi connectivity index (χ3v) is 4.15. The number of urea groups is 1. The number of hydrogen-bond donors (Lipinski definition) is 3. The van der Waals surface area contributed by atoms with E-state index in [4.69, 9.17) is 28.3 Å². The van der Waals surface area contributed by atoms with Crippen molar-refractivity contribution in [1.29, 1.82) is 0 Å². The number of benzene rings is 1. The molecular weight excluding hydrogens is 345 g/mol. The zero-order valence-corrected chi connectivity index (χ0v) is 13.5. The first-order valence-corrected chi connectivity index (χ1v) is 7.63. The molecule has 0 radical (unpaired) electrons. The number of nitrogens with one attached hydrogen (secondary N) is 2. The van der Waals surface area contributed by atoms with Crippen LogP contribution < -0.4 is 10.6 Å². The number of amides is 3. The molecule has 1 saturated heterocycles. The van der Waals surface area contributed by atoms with Crippen molar-refractivity contribution in [2.75, 3.05) is 25.0 Å². The molecule has 2 rings (SSSR count). The molecule has 9 heteroatoms. The molecule has 7 nitrogen and oxygen atoms in total. The Bertz CT molecular complexity index is 638. The molecule has 1 aliphatic rings. The van der Waals surface area contributed by atoms with E-state index in [1.807, 2.05) is 0 Å². The van der Waals surface area contributed by atoms with Crippen LogP contribution in [0.15, 0.2) is 18.2 Å². The maximum Gasteiger partial charge on any atom is 0.319 e. The van der Waals surface area contributed by atoms with Crippen LogP contribution in [0.5, 0.6) is 0 Å². The van der Waals surface area contributed by atoms with Gasteiger partial charge in [-0.15, -0.1) is 0 Å². The van der Waals surface area contributed by atoms with Crippen molar-refractivity contribution < 1.29 is 19.5 Å². The van der Waals surface area contributed by atoms with Crippen molar-refractivity contribution in [3.63, 3.8) is 0 Å². The molecule has 1 unspecified atom stereocenters. The summed E-state index contributed by atoms with van der Waals surface area (Å²) in [6.07, 6.45) is 0.00477. The number of halogens is 2. The Kier molecular flexibility index (Phi) is 5.68. The summed E-state index contributed by atoms with van der Waals surface area (Å²) >= 11 is 11.6. The van der Waals surface area contributed by atoms with Gasteiger partial charge in [-0.2, -0.15) is 0 Å². The monoisotopic (exact) mass is 359 g/mol. The van der Waals surface area contributed by atoms with Crippen molar-refractivity contribution in [3.05, 3.63) is 28.2 Å². The third kappa shape index (κ3) is 4.74. The van der Waals surface area contributed by atoms with Gasteiger partial charge in [-0.25, -0.2) is 4.79 Å². The molecule has 0 aliphatic carbocycles. The van der Waals surface area contributed by atoms with Crippen molar-refractivity contribution in [1.82, 2.24) is 10.2 Å². The third-order valence-electron chi connectivity index (χ3n) is 3.41. The van der Waals surface area contributed by atoms with E-state index in [0.29, 0.717) is 15.7 Å². The van der Waals surface area contributed by atoms with Crippen LogP contribution in [-0.4, -0.2) is 47.5 Å². The van der Waals surface area contributed by atoms with Crippen LogP contribution in [0.2, 0.25) is 10.0 Å². The number of likely N-dealkylation sites (tertiary alicyclic amines) is 1. The van der Waals surface area contributed by atoms with Crippen LogP contribution in [0.4, 0.5) is 10.5 Å². The molecule has 124 valence electrons. The molecular formula is C14H15Cl2N3O4. The van der Waals surface area contributed by atoms with Crippen LogP contribution in [0.1, 0.15) is 6.42 Å². The molecule has 0 spiro atoms. The highest BCUT2D eigenvalue weighted by Gasteiger charge is 2.33. The number of anilines is 1. The predicted octanol–water partition coefficient (Wildman–Crippen LogP) is 2.05. The zero-order valence-electron chi connectivity index (χ0n) is 12.0. The highest BCUT2D eigenvalue weighted by molar-refractivity contribution is 6.42. The summed E-state index contributed by atoms with van der Waals surface area (Å²) in [4.78, 5) is 35.7. The summed E-state index contributed by atoms with van der Waals surface area (Å²) in [6, 6.07) is 4.24. The standard InChI is InChI=1S/C14H15Cl2N3O4/c15-10-2-1-9(6-11(10)16)18-14(23)17-3-4-19-7-8(13(21)22)5-12(19)20/h1-2,6,8H,3-5,7H2,(H,21,22)(H2,17,18,23). The first kappa shape index (κ1) is 17.4. The predicted molar refractivity (Wildman–Crippen MR) is 85.8 cm³/mol. The Morgan fingerprint density at radius 2 is 2.04 bits per heavy atom. The lowest BCUT2D eigenvalue weighted by Gasteiger charge is -2.16. The van der Waals surface area contributed by atoms with Gasteiger partial charge < -0.3 is 20.6 Å². The van der Waals surface area contributed by atoms with Gasteiger partial charge in [0.2, 0.25) is 5.91 Å². The number of carbonyl (C=O) groups is 3. The minimum Gasteiger partial charge on any atom is -0.481 e. The van der Waals surface area contributed by atoms with E-state index >= 15 is 0 Å². The molecule has 1 fully saturated rings. The summed E-state index contributed by atoms with van der Waals surface area (Å²) in [7, 11) is 0. The quantitative estimate of drug-likeness (QED) is 0.748. The number of hydrogen-bond acceptors (Lipinski definition) is 3. The second kappa shape index (κ2) is 7.52. The number of carboxylic acids is 1. The van der Waals surface area contributed by atoms with Crippen LogP contribution in [-0.2, 0) is 9.59 Å². The zero-order chi connectivity index (χ0) is 17.0. The lowest BCUT2D eigenvalue weighted by atomic mass is 10.1. The number of rotatable bonds is 5. The molecule has 1 aliphatic heterocycles. The van der Waals surface area contributed by atoms with Crippen LogP contribution in [0.25, 0.3) is 0 Å². The lowest BCUT2D eigenvalue weighted by molar-refractivity contribution is -0.141. The van der Waals surface area contributed by atoms with Gasteiger partial charge in [0.05, 0.1) is 16.0 Å². The maximum absolute atomic E-state index is 11.7. The summed E-state index contributed by atoms with van der Waals surface area (Å²) < 4.78 is 0. The Hall–Kier alpha value is -1.99. The van der Waals surface area contributed by atoms with Gasteiger partial charge in [0, 0.05) is 31.7 Å². The summed E-state index contributed by atoms with van der Waals surface area (Å²) in [6.45, 7) is 0.646. The number of carboxylic acid groups (broad SMARTS) is 1. The molecule has 3 N–H and O–H groups in total. The van der Waals surface area contributed by atoms with E-state index in [0.717, 1.165) is 0 Å². The SMILES string of the molecule is O=C(NCCN1CC(C(=O)O)CC1=O)Nc1ccc(Cl)c(Cl)c1. The van der Waals surface area contributed by atoms with Crippen molar-refractivity contribution in [2.24, 2.45) is 5.92 Å². The van der Waals surface area contributed by atoms with Crippen LogP contribution >= 0.6 is 23.2 Å². The minimum absolute atomic E-state index is 0.00477. The van der Waals surface area contributed by atoms with E-state index in [1.165, 1.54) is 11.0 Å². The van der Waals surface area contributed by atoms with Gasteiger partial charge in [-0.1, -0.05) is 23.2 Å². The van der Waals surface area contributed by atoms with E-state index in [9.17, 15) is 14.4 Å². The number of aliphatic carboxylic acids is 1. The number of carbonyl (C=O) groups excluding carboxylic acids is 2. The molecule has 0 saturated carbocycles. The molecule has 3 amide bonds. The topological polar surface area (TPSA) is 98.7 Å². The van der Waals surface area contributed by atoms with Crippen LogP contribution in [0, 0.1) is 5.92 Å². The highest BCUT2D eigenvalue weighted by atomic mass is 35.5. The summed E-state index contributed by atoms with van der Waals surface area (Å²) in [5.74, 6) is -1.87. The fourth-order valence-electron chi connectivity index (χ4n) is 2.21. The van der Waals surface area contributed by atoms with Crippen molar-refractivity contribution in [2.45, 2.75) is 6.42 Å². The first-order chi connectivity index (χ1) is 10.9. The molecule has 1 atom stereocenters. The van der Waals surface area contributed by atoms with Crippen molar-refractivity contribution >= 4 is 46.8 Å². The Morgan fingerprint density at radius 1 is 1.30 bits per heavy atom. The summed E-state index contributed by atoms with van der Waals surface area (Å²) in [5.41, 5.74) is 0.486. The van der Waals surface area contributed by atoms with Gasteiger partial charge >= 0.3 is 12.0 Å². The van der Waals surface area contributed by atoms with E-state index in [1.54, 1.807) is 12.1 Å². The van der Waals surface area contributed by atoms with Crippen LogP contribution in [0.3, 0.4) is 0 Å². The second-order valence-electron chi connectivity index (χ2n) is 5.09. The van der Waals surface area contributed by atoms with E-state index in [-0.39, 0.29) is 32.0 Å². The van der Waals surface area contributed by atoms with Gasteiger partial charge in [-0.05, 0) is 18.2 Å². The lowest BCUT2D eigenvalue weighted by Crippen LogP contribution is -2.37. The van der Waals surface area contributed by atoms with E-state index in [2.05, 4.69) is 10.6 Å². The highest BCUT2D eigenvalue weighted by Crippen LogP contribution is 2.24. The Morgan fingerprint density at radius 3 is 2.65 bits per heavy atom. The molecule has 0 bridgehead atoms. The molecule has 1 heterocycles. The average Bonchev–Trinajstić information content (AvgIpc) is 2.85. The fraction of sp³-hybridized carbons (Fsp3) is 0.357. The normalized spacial score (nSPS) is 17.2. The molecule has 0 aromatic heterocycles. The van der Waals surface area contributed by atoms with E-state index < -0.39 is 17.9 Å². The second-order valence-corrected chi connectivity index (χ2v) is 5.90. The largest absolute Gasteiger partial charge is 0.481 e.